The van der Waals surface area contributed by atoms with E-state index >= 15 is 0 Å². The zero-order valence-electron chi connectivity index (χ0n) is 7.42. The van der Waals surface area contributed by atoms with Crippen LogP contribution in [-0.4, -0.2) is 23.4 Å². The van der Waals surface area contributed by atoms with E-state index in [0.29, 0.717) is 3.61 Å². The van der Waals surface area contributed by atoms with Gasteiger partial charge in [0.2, 0.25) is 0 Å². The van der Waals surface area contributed by atoms with Gasteiger partial charge < -0.3 is 0 Å². The van der Waals surface area contributed by atoms with Crippen LogP contribution in [0.3, 0.4) is 0 Å². The van der Waals surface area contributed by atoms with Crippen molar-refractivity contribution in [2.45, 2.75) is 20.8 Å². The molecule has 0 saturated heterocycles. The molecule has 0 spiro atoms. The van der Waals surface area contributed by atoms with Gasteiger partial charge in [-0.05, 0) is 0 Å². The number of benzene rings is 1. The molecule has 1 N–H and O–H groups in total. The van der Waals surface area contributed by atoms with Gasteiger partial charge in [-0.15, -0.1) is 0 Å². The Morgan fingerprint density at radius 2 is 1.58 bits per heavy atom. The summed E-state index contributed by atoms with van der Waals surface area (Å²) in [6, 6.07) is 3.90. The van der Waals surface area contributed by atoms with Crippen molar-refractivity contribution in [2.24, 2.45) is 0 Å². The van der Waals surface area contributed by atoms with Crippen LogP contribution in [-0.2, 0) is 3.10 Å². The zero-order valence-corrected chi connectivity index (χ0v) is 9.75. The average molecular weight is 280 g/mol. The van der Waals surface area contributed by atoms with Gasteiger partial charge in [0.25, 0.3) is 0 Å². The molecular weight excluding hydrogens is 268 g/mol. The Kier molecular flexibility index (Phi) is 3.00. The summed E-state index contributed by atoms with van der Waals surface area (Å²) < 4.78 is 20.8. The predicted octanol–water partition coefficient (Wildman–Crippen LogP) is 0.730. The van der Waals surface area contributed by atoms with Crippen LogP contribution >= 0.6 is 0 Å². The summed E-state index contributed by atoms with van der Waals surface area (Å²) in [4.78, 5) is 0. The van der Waals surface area contributed by atoms with Crippen LogP contribution in [0.25, 0.3) is 0 Å². The maximum atomic E-state index is 11.0. The minimum absolute atomic E-state index is 0.684. The van der Waals surface area contributed by atoms with Crippen LogP contribution in [0, 0.1) is 20.8 Å². The van der Waals surface area contributed by atoms with Gasteiger partial charge in [-0.2, -0.15) is 0 Å². The van der Waals surface area contributed by atoms with Gasteiger partial charge in [0.1, 0.15) is 0 Å². The number of aryl methyl sites for hydroxylation is 3. The van der Waals surface area contributed by atoms with E-state index in [1.165, 1.54) is 0 Å². The maximum absolute atomic E-state index is 11.0. The standard InChI is InChI=1S/C9H12O2Te/c1-6-4-7(2)9(12(10)11)8(3)5-6/h4-5H,1-3H3,(H,10,11). The van der Waals surface area contributed by atoms with Crippen LogP contribution in [0.15, 0.2) is 12.1 Å². The van der Waals surface area contributed by atoms with Gasteiger partial charge in [0, 0.05) is 0 Å². The summed E-state index contributed by atoms with van der Waals surface area (Å²) in [6.45, 7) is 5.76. The quantitative estimate of drug-likeness (QED) is 0.770. The van der Waals surface area contributed by atoms with Crippen molar-refractivity contribution in [1.82, 2.24) is 0 Å². The summed E-state index contributed by atoms with van der Waals surface area (Å²) in [5, 5.41) is 0. The fraction of sp³-hybridized carbons (Fsp3) is 0.333. The summed E-state index contributed by atoms with van der Waals surface area (Å²) in [7, 11) is 0. The summed E-state index contributed by atoms with van der Waals surface area (Å²) in [5.74, 6) is 0. The summed E-state index contributed by atoms with van der Waals surface area (Å²) >= 11 is -3.16. The first-order valence-electron chi connectivity index (χ1n) is 3.71. The molecule has 0 amide bonds. The second-order valence-corrected chi connectivity index (χ2v) is 5.56. The molecule has 0 bridgehead atoms. The topological polar surface area (TPSA) is 37.3 Å². The van der Waals surface area contributed by atoms with Crippen molar-refractivity contribution in [3.8, 4) is 0 Å². The Labute approximate surface area is 79.8 Å². The van der Waals surface area contributed by atoms with Crippen molar-refractivity contribution in [2.75, 3.05) is 0 Å². The van der Waals surface area contributed by atoms with Crippen LogP contribution < -0.4 is 3.61 Å². The first-order valence-corrected chi connectivity index (χ1v) is 6.87. The van der Waals surface area contributed by atoms with E-state index in [4.69, 9.17) is 3.47 Å². The number of rotatable bonds is 1. The van der Waals surface area contributed by atoms with E-state index in [-0.39, 0.29) is 0 Å². The van der Waals surface area contributed by atoms with Gasteiger partial charge >= 0.3 is 79.7 Å². The van der Waals surface area contributed by atoms with E-state index in [2.05, 4.69) is 0 Å². The Morgan fingerprint density at radius 1 is 1.17 bits per heavy atom. The fourth-order valence-corrected chi connectivity index (χ4v) is 3.35. The van der Waals surface area contributed by atoms with Crippen LogP contribution in [0.4, 0.5) is 0 Å². The molecule has 0 heterocycles. The third-order valence-corrected chi connectivity index (χ3v) is 4.61. The molecule has 0 fully saturated rings. The molecule has 0 aliphatic heterocycles. The normalized spacial score (nSPS) is 10.8. The molecule has 0 radical (unpaired) electrons. The monoisotopic (exact) mass is 282 g/mol. The van der Waals surface area contributed by atoms with E-state index in [1.54, 1.807) is 0 Å². The van der Waals surface area contributed by atoms with E-state index < -0.39 is 19.9 Å². The molecule has 1 aromatic carbocycles. The molecule has 12 heavy (non-hydrogen) atoms. The number of hydrogen-bond donors (Lipinski definition) is 1. The van der Waals surface area contributed by atoms with Gasteiger partial charge in [-0.1, -0.05) is 0 Å². The predicted molar refractivity (Wildman–Crippen MR) is 48.9 cm³/mol. The van der Waals surface area contributed by atoms with Gasteiger partial charge in [0.15, 0.2) is 0 Å². The molecule has 66 valence electrons. The summed E-state index contributed by atoms with van der Waals surface area (Å²) in [5.41, 5.74) is 3.04. The molecule has 1 aromatic rings. The SMILES string of the molecule is Cc1cc(C)c([Te](=O)O)c(C)c1. The first kappa shape index (κ1) is 9.85. The third kappa shape index (κ3) is 1.92. The molecule has 2 nitrogen and oxygen atoms in total. The average Bonchev–Trinajstić information content (AvgIpc) is 1.82. The second kappa shape index (κ2) is 3.66. The van der Waals surface area contributed by atoms with Crippen LogP contribution in [0.2, 0.25) is 0 Å². The van der Waals surface area contributed by atoms with Crippen molar-refractivity contribution in [3.63, 3.8) is 0 Å². The van der Waals surface area contributed by atoms with Crippen molar-refractivity contribution in [1.29, 1.82) is 0 Å². The fourth-order valence-electron chi connectivity index (χ4n) is 1.44. The molecule has 1 rings (SSSR count). The van der Waals surface area contributed by atoms with Gasteiger partial charge in [-0.25, -0.2) is 0 Å². The Hall–Kier alpha value is -0.230. The van der Waals surface area contributed by atoms with Crippen LogP contribution in [0.5, 0.6) is 0 Å². The molecule has 0 aliphatic carbocycles. The van der Waals surface area contributed by atoms with Crippen molar-refractivity contribution >= 4 is 23.6 Å². The third-order valence-electron chi connectivity index (χ3n) is 1.78. The van der Waals surface area contributed by atoms with Crippen LogP contribution in [0.1, 0.15) is 16.7 Å². The van der Waals surface area contributed by atoms with Gasteiger partial charge in [0.05, 0.1) is 0 Å². The molecule has 0 aromatic heterocycles. The number of hydrogen-bond acceptors (Lipinski definition) is 1. The zero-order chi connectivity index (χ0) is 9.30. The second-order valence-electron chi connectivity index (χ2n) is 2.98. The van der Waals surface area contributed by atoms with E-state index in [9.17, 15) is 3.10 Å². The minimum atomic E-state index is -3.16. The molecule has 0 atom stereocenters. The van der Waals surface area contributed by atoms with Gasteiger partial charge in [-0.3, -0.25) is 0 Å². The summed E-state index contributed by atoms with van der Waals surface area (Å²) in [6.07, 6.45) is 0. The first-order chi connectivity index (χ1) is 5.52. The Balaban J connectivity index is 3.38. The molecular formula is C9H12O2Te. The molecule has 0 unspecified atom stereocenters. The Bertz CT molecular complexity index is 308. The van der Waals surface area contributed by atoms with Crippen molar-refractivity contribution < 1.29 is 6.58 Å². The Morgan fingerprint density at radius 3 is 1.92 bits per heavy atom. The molecule has 0 saturated carbocycles. The molecule has 0 aliphatic rings. The van der Waals surface area contributed by atoms with E-state index in [0.717, 1.165) is 16.7 Å². The molecule has 3 heteroatoms. The van der Waals surface area contributed by atoms with E-state index in [1.807, 2.05) is 32.9 Å². The van der Waals surface area contributed by atoms with Crippen molar-refractivity contribution in [3.05, 3.63) is 28.8 Å².